The Hall–Kier alpha value is -0.160. The van der Waals surface area contributed by atoms with E-state index in [1.807, 2.05) is 0 Å². The van der Waals surface area contributed by atoms with Crippen molar-refractivity contribution in [2.24, 2.45) is 5.92 Å². The van der Waals surface area contributed by atoms with Gasteiger partial charge in [0.15, 0.2) is 0 Å². The summed E-state index contributed by atoms with van der Waals surface area (Å²) in [6, 6.07) is 0. The summed E-state index contributed by atoms with van der Waals surface area (Å²) in [6.45, 7) is 7.90. The number of piperidine rings is 1. The third-order valence-corrected chi connectivity index (χ3v) is 4.48. The topological polar surface area (TPSA) is 27.7 Å². The van der Waals surface area contributed by atoms with Crippen molar-refractivity contribution in [2.75, 3.05) is 60.0 Å². The van der Waals surface area contributed by atoms with Crippen LogP contribution in [0.1, 0.15) is 25.7 Å². The molecule has 2 rings (SSSR count). The van der Waals surface area contributed by atoms with Gasteiger partial charge in [-0.15, -0.1) is 0 Å². The van der Waals surface area contributed by atoms with Crippen molar-refractivity contribution in [3.05, 3.63) is 0 Å². The quantitative estimate of drug-likeness (QED) is 0.779. The van der Waals surface area contributed by atoms with Crippen LogP contribution in [0.3, 0.4) is 0 Å². The van der Waals surface area contributed by atoms with Gasteiger partial charge in [0, 0.05) is 26.2 Å². The maximum absolute atomic E-state index is 5.74. The first kappa shape index (κ1) is 15.2. The minimum absolute atomic E-state index is 0.428. The predicted molar refractivity (Wildman–Crippen MR) is 79.6 cm³/mol. The molecule has 0 aromatic heterocycles. The van der Waals surface area contributed by atoms with Crippen LogP contribution in [-0.2, 0) is 4.74 Å². The number of nitrogens with zero attached hydrogens (tertiary/aromatic N) is 2. The van der Waals surface area contributed by atoms with Gasteiger partial charge in [-0.1, -0.05) is 0 Å². The highest BCUT2D eigenvalue weighted by Crippen LogP contribution is 2.18. The normalized spacial score (nSPS) is 29.8. The Morgan fingerprint density at radius 2 is 2.16 bits per heavy atom. The molecule has 2 fully saturated rings. The van der Waals surface area contributed by atoms with Crippen molar-refractivity contribution in [3.8, 4) is 0 Å². The molecule has 4 heteroatoms. The van der Waals surface area contributed by atoms with Crippen LogP contribution < -0.4 is 5.32 Å². The first-order chi connectivity index (χ1) is 9.24. The lowest BCUT2D eigenvalue weighted by Gasteiger charge is -2.31. The minimum atomic E-state index is 0.428. The van der Waals surface area contributed by atoms with Crippen molar-refractivity contribution in [1.29, 1.82) is 0 Å². The highest BCUT2D eigenvalue weighted by molar-refractivity contribution is 4.73. The minimum Gasteiger partial charge on any atom is -0.376 e. The summed E-state index contributed by atoms with van der Waals surface area (Å²) in [4.78, 5) is 4.96. The van der Waals surface area contributed by atoms with E-state index < -0.39 is 0 Å². The average molecular weight is 269 g/mol. The Labute approximate surface area is 118 Å². The molecule has 0 aromatic rings. The monoisotopic (exact) mass is 269 g/mol. The Morgan fingerprint density at radius 1 is 1.32 bits per heavy atom. The molecule has 0 saturated carbocycles. The molecule has 2 heterocycles. The van der Waals surface area contributed by atoms with E-state index in [1.165, 1.54) is 38.9 Å². The van der Waals surface area contributed by atoms with E-state index in [0.717, 1.165) is 38.6 Å². The lowest BCUT2D eigenvalue weighted by molar-refractivity contribution is 0.0184. The molecule has 0 bridgehead atoms. The number of hydrogen-bond donors (Lipinski definition) is 1. The summed E-state index contributed by atoms with van der Waals surface area (Å²) >= 11 is 0. The van der Waals surface area contributed by atoms with Crippen LogP contribution in [0.4, 0.5) is 0 Å². The Balaban J connectivity index is 1.54. The molecule has 0 radical (unpaired) electrons. The number of morpholine rings is 1. The number of nitrogens with one attached hydrogen (secondary N) is 1. The average Bonchev–Trinajstić information content (AvgIpc) is 2.44. The summed E-state index contributed by atoms with van der Waals surface area (Å²) in [6.07, 6.45) is 5.75. The van der Waals surface area contributed by atoms with E-state index >= 15 is 0 Å². The van der Waals surface area contributed by atoms with Crippen molar-refractivity contribution in [3.63, 3.8) is 0 Å². The molecule has 2 aliphatic rings. The fraction of sp³-hybridized carbons (Fsp3) is 1.00. The van der Waals surface area contributed by atoms with Crippen LogP contribution in [0.15, 0.2) is 0 Å². The molecule has 2 saturated heterocycles. The van der Waals surface area contributed by atoms with Gasteiger partial charge in [-0.25, -0.2) is 0 Å². The van der Waals surface area contributed by atoms with E-state index in [2.05, 4.69) is 29.2 Å². The Morgan fingerprint density at radius 3 is 2.89 bits per heavy atom. The number of rotatable bonds is 6. The third kappa shape index (κ3) is 5.78. The first-order valence-corrected chi connectivity index (χ1v) is 7.93. The van der Waals surface area contributed by atoms with Crippen LogP contribution in [0, 0.1) is 5.92 Å². The molecular weight excluding hydrogens is 238 g/mol. The largest absolute Gasteiger partial charge is 0.376 e. The third-order valence-electron chi connectivity index (χ3n) is 4.48. The zero-order valence-electron chi connectivity index (χ0n) is 12.7. The number of hydrogen-bond acceptors (Lipinski definition) is 4. The summed E-state index contributed by atoms with van der Waals surface area (Å²) in [5, 5.41) is 3.40. The Kier molecular flexibility index (Phi) is 6.57. The summed E-state index contributed by atoms with van der Waals surface area (Å²) in [5.41, 5.74) is 0. The SMILES string of the molecule is CN(CCC1CCCN(C)C1)CCC1CNCCO1. The van der Waals surface area contributed by atoms with Gasteiger partial charge in [-0.2, -0.15) is 0 Å². The van der Waals surface area contributed by atoms with Crippen molar-refractivity contribution >= 4 is 0 Å². The second kappa shape index (κ2) is 8.20. The van der Waals surface area contributed by atoms with Gasteiger partial charge in [0.1, 0.15) is 0 Å². The van der Waals surface area contributed by atoms with Crippen molar-refractivity contribution < 1.29 is 4.74 Å². The summed E-state index contributed by atoms with van der Waals surface area (Å²) in [7, 11) is 4.51. The van der Waals surface area contributed by atoms with Gasteiger partial charge in [0.2, 0.25) is 0 Å². The zero-order chi connectivity index (χ0) is 13.5. The van der Waals surface area contributed by atoms with E-state index in [4.69, 9.17) is 4.74 Å². The van der Waals surface area contributed by atoms with E-state index in [1.54, 1.807) is 0 Å². The number of likely N-dealkylation sites (tertiary alicyclic amines) is 1. The molecule has 0 aliphatic carbocycles. The van der Waals surface area contributed by atoms with E-state index in [-0.39, 0.29) is 0 Å². The molecule has 2 unspecified atom stereocenters. The summed E-state index contributed by atoms with van der Waals surface area (Å²) in [5.74, 6) is 0.911. The molecule has 2 aliphatic heterocycles. The van der Waals surface area contributed by atoms with Crippen LogP contribution in [0.2, 0.25) is 0 Å². The van der Waals surface area contributed by atoms with Gasteiger partial charge in [0.25, 0.3) is 0 Å². The second-order valence-corrected chi connectivity index (χ2v) is 6.35. The van der Waals surface area contributed by atoms with E-state index in [0.29, 0.717) is 6.10 Å². The lowest BCUT2D eigenvalue weighted by Crippen LogP contribution is -2.40. The van der Waals surface area contributed by atoms with Crippen LogP contribution in [-0.4, -0.2) is 75.9 Å². The fourth-order valence-electron chi connectivity index (χ4n) is 3.19. The number of ether oxygens (including phenoxy) is 1. The zero-order valence-corrected chi connectivity index (χ0v) is 12.7. The second-order valence-electron chi connectivity index (χ2n) is 6.35. The maximum Gasteiger partial charge on any atom is 0.0712 e. The molecular formula is C15H31N3O. The molecule has 112 valence electrons. The van der Waals surface area contributed by atoms with Crippen LogP contribution in [0.5, 0.6) is 0 Å². The van der Waals surface area contributed by atoms with Crippen molar-refractivity contribution in [2.45, 2.75) is 31.8 Å². The molecule has 0 aromatic carbocycles. The van der Waals surface area contributed by atoms with Crippen LogP contribution in [0.25, 0.3) is 0 Å². The fourth-order valence-corrected chi connectivity index (χ4v) is 3.19. The van der Waals surface area contributed by atoms with Crippen molar-refractivity contribution in [1.82, 2.24) is 15.1 Å². The highest BCUT2D eigenvalue weighted by Gasteiger charge is 2.18. The van der Waals surface area contributed by atoms with Gasteiger partial charge >= 0.3 is 0 Å². The predicted octanol–water partition coefficient (Wildman–Crippen LogP) is 1.03. The maximum atomic E-state index is 5.74. The van der Waals surface area contributed by atoms with Gasteiger partial charge in [-0.05, 0) is 58.8 Å². The van der Waals surface area contributed by atoms with Gasteiger partial charge < -0.3 is 19.9 Å². The lowest BCUT2D eigenvalue weighted by atomic mass is 9.95. The highest BCUT2D eigenvalue weighted by atomic mass is 16.5. The molecule has 0 amide bonds. The van der Waals surface area contributed by atoms with Crippen LogP contribution >= 0.6 is 0 Å². The Bertz CT molecular complexity index is 244. The molecule has 4 nitrogen and oxygen atoms in total. The van der Waals surface area contributed by atoms with E-state index in [9.17, 15) is 0 Å². The summed E-state index contributed by atoms with van der Waals surface area (Å²) < 4.78 is 5.74. The smallest absolute Gasteiger partial charge is 0.0712 e. The molecule has 2 atom stereocenters. The van der Waals surface area contributed by atoms with Gasteiger partial charge in [-0.3, -0.25) is 0 Å². The standard InChI is InChI=1S/C15H31N3O/c1-17(10-6-15-12-16-7-11-19-15)9-5-14-4-3-8-18(2)13-14/h14-16H,3-13H2,1-2H3. The molecule has 1 N–H and O–H groups in total. The first-order valence-electron chi connectivity index (χ1n) is 7.93. The van der Waals surface area contributed by atoms with Gasteiger partial charge in [0.05, 0.1) is 12.7 Å². The molecule has 19 heavy (non-hydrogen) atoms. The molecule has 0 spiro atoms.